The number of nitro groups is 1. The number of methoxy groups -OCH3 is 2. The van der Waals surface area contributed by atoms with Gasteiger partial charge < -0.3 is 14.8 Å². The highest BCUT2D eigenvalue weighted by Gasteiger charge is 2.16. The molecule has 30 heavy (non-hydrogen) atoms. The van der Waals surface area contributed by atoms with E-state index in [1.54, 1.807) is 36.4 Å². The summed E-state index contributed by atoms with van der Waals surface area (Å²) in [4.78, 5) is 23.6. The molecule has 0 saturated heterocycles. The molecule has 1 N–H and O–H groups in total. The van der Waals surface area contributed by atoms with Gasteiger partial charge in [-0.1, -0.05) is 30.3 Å². The SMILES string of the molecule is COc1ccc(OC)c(NC(=O)/C(=C/c2ccc([N+](=O)[O-])cc2)c2ccccc2)c1. The van der Waals surface area contributed by atoms with Gasteiger partial charge in [0.05, 0.1) is 24.8 Å². The van der Waals surface area contributed by atoms with Crippen LogP contribution in [-0.2, 0) is 4.79 Å². The first kappa shape index (κ1) is 20.6. The number of nitro benzene ring substituents is 1. The van der Waals surface area contributed by atoms with E-state index < -0.39 is 4.92 Å². The predicted octanol–water partition coefficient (Wildman–Crippen LogP) is 4.79. The van der Waals surface area contributed by atoms with Gasteiger partial charge in [-0.25, -0.2) is 0 Å². The highest BCUT2D eigenvalue weighted by Crippen LogP contribution is 2.30. The Labute approximate surface area is 173 Å². The number of carbonyl (C=O) groups excluding carboxylic acids is 1. The second-order valence-corrected chi connectivity index (χ2v) is 6.29. The predicted molar refractivity (Wildman–Crippen MR) is 116 cm³/mol. The zero-order valence-corrected chi connectivity index (χ0v) is 16.5. The Bertz CT molecular complexity index is 1080. The van der Waals surface area contributed by atoms with E-state index in [2.05, 4.69) is 5.32 Å². The Kier molecular flexibility index (Phi) is 6.44. The minimum Gasteiger partial charge on any atom is -0.497 e. The van der Waals surface area contributed by atoms with Crippen molar-refractivity contribution in [2.75, 3.05) is 19.5 Å². The van der Waals surface area contributed by atoms with Crippen molar-refractivity contribution in [2.45, 2.75) is 0 Å². The van der Waals surface area contributed by atoms with Gasteiger partial charge in [-0.2, -0.15) is 0 Å². The van der Waals surface area contributed by atoms with Gasteiger partial charge in [-0.15, -0.1) is 0 Å². The molecule has 7 heteroatoms. The number of benzene rings is 3. The fourth-order valence-electron chi connectivity index (χ4n) is 2.86. The number of non-ortho nitro benzene ring substituents is 1. The maximum Gasteiger partial charge on any atom is 0.269 e. The number of rotatable bonds is 7. The van der Waals surface area contributed by atoms with Gasteiger partial charge in [0.1, 0.15) is 11.5 Å². The van der Waals surface area contributed by atoms with Crippen LogP contribution in [0.2, 0.25) is 0 Å². The van der Waals surface area contributed by atoms with Crippen LogP contribution < -0.4 is 14.8 Å². The number of amides is 1. The van der Waals surface area contributed by atoms with E-state index in [1.165, 1.54) is 26.4 Å². The summed E-state index contributed by atoms with van der Waals surface area (Å²) in [5, 5.41) is 13.7. The minimum absolute atomic E-state index is 0.0148. The number of hydrogen-bond acceptors (Lipinski definition) is 5. The van der Waals surface area contributed by atoms with E-state index in [9.17, 15) is 14.9 Å². The van der Waals surface area contributed by atoms with Crippen LogP contribution in [0.1, 0.15) is 11.1 Å². The highest BCUT2D eigenvalue weighted by atomic mass is 16.6. The molecule has 0 aliphatic rings. The summed E-state index contributed by atoms with van der Waals surface area (Å²) in [6.07, 6.45) is 1.68. The number of anilines is 1. The lowest BCUT2D eigenvalue weighted by molar-refractivity contribution is -0.384. The molecule has 3 aromatic rings. The molecule has 0 aliphatic heterocycles. The molecule has 7 nitrogen and oxygen atoms in total. The molecule has 0 heterocycles. The van der Waals surface area contributed by atoms with Crippen molar-refractivity contribution in [1.82, 2.24) is 0 Å². The highest BCUT2D eigenvalue weighted by molar-refractivity contribution is 6.29. The molecule has 0 aromatic heterocycles. The summed E-state index contributed by atoms with van der Waals surface area (Å²) in [5.41, 5.74) is 2.21. The second-order valence-electron chi connectivity index (χ2n) is 6.29. The molecular weight excluding hydrogens is 384 g/mol. The van der Waals surface area contributed by atoms with Gasteiger partial charge >= 0.3 is 0 Å². The topological polar surface area (TPSA) is 90.7 Å². The van der Waals surface area contributed by atoms with Crippen LogP contribution in [0.3, 0.4) is 0 Å². The Balaban J connectivity index is 1.99. The molecule has 0 atom stereocenters. The van der Waals surface area contributed by atoms with Gasteiger partial charge in [-0.05, 0) is 41.5 Å². The second kappa shape index (κ2) is 9.38. The van der Waals surface area contributed by atoms with Crippen molar-refractivity contribution >= 4 is 28.9 Å². The van der Waals surface area contributed by atoms with Gasteiger partial charge in [-0.3, -0.25) is 14.9 Å². The van der Waals surface area contributed by atoms with Crippen molar-refractivity contribution in [2.24, 2.45) is 0 Å². The maximum atomic E-state index is 13.2. The Morgan fingerprint density at radius 2 is 1.67 bits per heavy atom. The summed E-state index contributed by atoms with van der Waals surface area (Å²) in [6.45, 7) is 0. The van der Waals surface area contributed by atoms with Crippen molar-refractivity contribution in [1.29, 1.82) is 0 Å². The largest absolute Gasteiger partial charge is 0.497 e. The third-order valence-corrected chi connectivity index (χ3v) is 4.40. The molecule has 0 radical (unpaired) electrons. The Morgan fingerprint density at radius 1 is 0.967 bits per heavy atom. The molecule has 3 rings (SSSR count). The van der Waals surface area contributed by atoms with Crippen LogP contribution in [0.15, 0.2) is 72.8 Å². The van der Waals surface area contributed by atoms with Gasteiger partial charge in [0.15, 0.2) is 0 Å². The van der Waals surface area contributed by atoms with Crippen molar-refractivity contribution in [3.05, 3.63) is 94.0 Å². The van der Waals surface area contributed by atoms with Crippen LogP contribution in [0.5, 0.6) is 11.5 Å². The average Bonchev–Trinajstić information content (AvgIpc) is 2.78. The van der Waals surface area contributed by atoms with E-state index in [0.717, 1.165) is 0 Å². The van der Waals surface area contributed by atoms with E-state index in [0.29, 0.717) is 33.9 Å². The van der Waals surface area contributed by atoms with E-state index in [-0.39, 0.29) is 11.6 Å². The number of ether oxygens (including phenoxy) is 2. The van der Waals surface area contributed by atoms with Crippen LogP contribution in [-0.4, -0.2) is 25.1 Å². The molecule has 0 spiro atoms. The lowest BCUT2D eigenvalue weighted by Gasteiger charge is -2.14. The van der Waals surface area contributed by atoms with Crippen molar-refractivity contribution in [3.63, 3.8) is 0 Å². The normalized spacial score (nSPS) is 10.9. The molecule has 0 fully saturated rings. The van der Waals surface area contributed by atoms with E-state index >= 15 is 0 Å². The molecule has 152 valence electrons. The van der Waals surface area contributed by atoms with Crippen LogP contribution in [0.4, 0.5) is 11.4 Å². The lowest BCUT2D eigenvalue weighted by atomic mass is 10.0. The van der Waals surface area contributed by atoms with E-state index in [4.69, 9.17) is 9.47 Å². The van der Waals surface area contributed by atoms with Crippen molar-refractivity contribution in [3.8, 4) is 11.5 Å². The molecule has 0 bridgehead atoms. The first-order chi connectivity index (χ1) is 14.5. The van der Waals surface area contributed by atoms with Crippen LogP contribution >= 0.6 is 0 Å². The fraction of sp³-hybridized carbons (Fsp3) is 0.0870. The molecule has 0 unspecified atom stereocenters. The first-order valence-corrected chi connectivity index (χ1v) is 9.07. The monoisotopic (exact) mass is 404 g/mol. The summed E-state index contributed by atoms with van der Waals surface area (Å²) < 4.78 is 10.6. The quantitative estimate of drug-likeness (QED) is 0.265. The smallest absolute Gasteiger partial charge is 0.269 e. The molecular formula is C23H20N2O5. The van der Waals surface area contributed by atoms with Crippen LogP contribution in [0, 0.1) is 10.1 Å². The third kappa shape index (κ3) is 4.82. The van der Waals surface area contributed by atoms with Crippen LogP contribution in [0.25, 0.3) is 11.6 Å². The molecule has 0 aliphatic carbocycles. The minimum atomic E-state index is -0.465. The summed E-state index contributed by atoms with van der Waals surface area (Å²) in [7, 11) is 3.06. The summed E-state index contributed by atoms with van der Waals surface area (Å²) in [6, 6.07) is 20.3. The number of carbonyl (C=O) groups is 1. The first-order valence-electron chi connectivity index (χ1n) is 9.07. The zero-order chi connectivity index (χ0) is 21.5. The number of nitrogens with zero attached hydrogens (tertiary/aromatic N) is 1. The molecule has 0 saturated carbocycles. The van der Waals surface area contributed by atoms with Crippen molar-refractivity contribution < 1.29 is 19.2 Å². The zero-order valence-electron chi connectivity index (χ0n) is 16.5. The summed E-state index contributed by atoms with van der Waals surface area (Å²) in [5.74, 6) is 0.713. The number of hydrogen-bond donors (Lipinski definition) is 1. The molecule has 3 aromatic carbocycles. The standard InChI is InChI=1S/C23H20N2O5/c1-29-19-12-13-22(30-2)21(15-19)24-23(26)20(17-6-4-3-5-7-17)14-16-8-10-18(11-9-16)25(27)28/h3-15H,1-2H3,(H,24,26)/b20-14+. The maximum absolute atomic E-state index is 13.2. The molecule has 1 amide bonds. The fourth-order valence-corrected chi connectivity index (χ4v) is 2.86. The summed E-state index contributed by atoms with van der Waals surface area (Å²) >= 11 is 0. The van der Waals surface area contributed by atoms with E-state index in [1.807, 2.05) is 30.3 Å². The number of nitrogens with one attached hydrogen (secondary N) is 1. The average molecular weight is 404 g/mol. The Morgan fingerprint density at radius 3 is 2.27 bits per heavy atom. The third-order valence-electron chi connectivity index (χ3n) is 4.40. The van der Waals surface area contributed by atoms with Gasteiger partial charge in [0.2, 0.25) is 0 Å². The van der Waals surface area contributed by atoms with Gasteiger partial charge in [0.25, 0.3) is 11.6 Å². The Hall–Kier alpha value is -4.13. The lowest BCUT2D eigenvalue weighted by Crippen LogP contribution is -2.14. The van der Waals surface area contributed by atoms with Gasteiger partial charge in [0, 0.05) is 23.8 Å².